The van der Waals surface area contributed by atoms with Gasteiger partial charge in [0.1, 0.15) is 16.8 Å². The van der Waals surface area contributed by atoms with Crippen LogP contribution >= 0.6 is 22.9 Å². The number of anilines is 2. The zero-order valence-electron chi connectivity index (χ0n) is 17.2. The topological polar surface area (TPSA) is 82.0 Å². The number of nitrogens with one attached hydrogen (secondary N) is 2. The Morgan fingerprint density at radius 1 is 1.00 bits per heavy atom. The van der Waals surface area contributed by atoms with Gasteiger partial charge in [0.05, 0.1) is 5.56 Å². The highest BCUT2D eigenvalue weighted by Gasteiger charge is 2.23. The van der Waals surface area contributed by atoms with Crippen molar-refractivity contribution in [3.8, 4) is 6.07 Å². The Bertz CT molecular complexity index is 1220. The number of amides is 1. The molecule has 1 aromatic heterocycles. The largest absolute Gasteiger partial charge is 0.342 e. The average molecular weight is 462 g/mol. The molecular formula is C25H20ClN3O2S. The van der Waals surface area contributed by atoms with E-state index in [4.69, 9.17) is 11.6 Å². The number of hydrogen-bond donors (Lipinski definition) is 2. The number of hydrogen-bond acceptors (Lipinski definition) is 5. The van der Waals surface area contributed by atoms with Gasteiger partial charge in [0.25, 0.3) is 5.91 Å². The third kappa shape index (κ3) is 4.91. The molecule has 0 saturated heterocycles. The second-order valence-electron chi connectivity index (χ2n) is 7.40. The van der Waals surface area contributed by atoms with Crippen molar-refractivity contribution in [1.29, 1.82) is 5.26 Å². The minimum atomic E-state index is -0.464. The lowest BCUT2D eigenvalue weighted by atomic mass is 9.96. The third-order valence-electron chi connectivity index (χ3n) is 5.21. The fraction of sp³-hybridized carbons (Fsp3) is 0.160. The van der Waals surface area contributed by atoms with Crippen molar-refractivity contribution < 1.29 is 9.59 Å². The highest BCUT2D eigenvalue weighted by Crippen LogP contribution is 2.38. The van der Waals surface area contributed by atoms with E-state index in [1.54, 1.807) is 36.4 Å². The third-order valence-corrected chi connectivity index (χ3v) is 6.67. The fourth-order valence-electron chi connectivity index (χ4n) is 3.60. The predicted octanol–water partition coefficient (Wildman–Crippen LogP) is 5.97. The Morgan fingerprint density at radius 2 is 1.72 bits per heavy atom. The lowest BCUT2D eigenvalue weighted by molar-refractivity contribution is -0.112. The Kier molecular flexibility index (Phi) is 6.69. The molecule has 160 valence electrons. The van der Waals surface area contributed by atoms with Crippen LogP contribution in [-0.4, -0.2) is 11.7 Å². The van der Waals surface area contributed by atoms with Gasteiger partial charge >= 0.3 is 0 Å². The number of carbonyl (C=O) groups is 2. The summed E-state index contributed by atoms with van der Waals surface area (Å²) in [7, 11) is 0. The minimum absolute atomic E-state index is 0.0731. The van der Waals surface area contributed by atoms with Crippen molar-refractivity contribution >= 4 is 45.3 Å². The Balaban J connectivity index is 1.68. The summed E-state index contributed by atoms with van der Waals surface area (Å²) < 4.78 is 0. The number of para-hydroxylation sites is 1. The fourth-order valence-corrected chi connectivity index (χ4v) is 4.98. The van der Waals surface area contributed by atoms with Crippen molar-refractivity contribution in [1.82, 2.24) is 0 Å². The van der Waals surface area contributed by atoms with Gasteiger partial charge in [-0.05, 0) is 67.6 Å². The molecule has 0 spiro atoms. The molecule has 0 atom stereocenters. The maximum absolute atomic E-state index is 13.1. The number of aryl methyl sites for hydroxylation is 1. The molecule has 0 fully saturated rings. The Morgan fingerprint density at radius 3 is 2.44 bits per heavy atom. The number of rotatable bonds is 6. The highest BCUT2D eigenvalue weighted by atomic mass is 35.5. The quantitative estimate of drug-likeness (QED) is 0.350. The first-order chi connectivity index (χ1) is 15.5. The van der Waals surface area contributed by atoms with E-state index in [1.165, 1.54) is 22.3 Å². The summed E-state index contributed by atoms with van der Waals surface area (Å²) in [6, 6.07) is 17.8. The normalized spacial score (nSPS) is 13.1. The zero-order chi connectivity index (χ0) is 22.5. The SMILES string of the molecule is N#Cc1c(NC(=CC(=O)c2ccc(Cl)cc2)C(=O)Nc2ccccc2)sc2c1CCCC2. The molecule has 1 aliphatic rings. The molecule has 4 rings (SSSR count). The monoisotopic (exact) mass is 461 g/mol. The summed E-state index contributed by atoms with van der Waals surface area (Å²) in [6.45, 7) is 0. The minimum Gasteiger partial charge on any atom is -0.342 e. The second kappa shape index (κ2) is 9.82. The number of nitriles is 1. The molecule has 3 aromatic rings. The number of benzene rings is 2. The molecule has 5 nitrogen and oxygen atoms in total. The van der Waals surface area contributed by atoms with Crippen LogP contribution in [0.3, 0.4) is 0 Å². The van der Waals surface area contributed by atoms with Crippen LogP contribution in [0.15, 0.2) is 66.4 Å². The van der Waals surface area contributed by atoms with Crippen LogP contribution in [0, 0.1) is 11.3 Å². The van der Waals surface area contributed by atoms with Crippen LogP contribution < -0.4 is 10.6 Å². The van der Waals surface area contributed by atoms with Crippen LogP contribution in [0.2, 0.25) is 5.02 Å². The summed E-state index contributed by atoms with van der Waals surface area (Å²) in [5, 5.41) is 16.8. The van der Waals surface area contributed by atoms with Gasteiger partial charge < -0.3 is 10.6 Å². The van der Waals surface area contributed by atoms with Gasteiger partial charge in [-0.1, -0.05) is 29.8 Å². The maximum Gasteiger partial charge on any atom is 0.272 e. The molecule has 1 aliphatic carbocycles. The van der Waals surface area contributed by atoms with Gasteiger partial charge in [-0.15, -0.1) is 11.3 Å². The first-order valence-electron chi connectivity index (χ1n) is 10.2. The molecule has 0 saturated carbocycles. The predicted molar refractivity (Wildman–Crippen MR) is 128 cm³/mol. The molecule has 2 aromatic carbocycles. The standard InChI is InChI=1S/C25H20ClN3O2S/c26-17-12-10-16(11-13-17)22(30)14-21(24(31)28-18-6-2-1-3-7-18)29-25-20(15-27)19-8-4-5-9-23(19)32-25/h1-3,6-7,10-14,29H,4-5,8-9H2,(H,28,31). The molecule has 2 N–H and O–H groups in total. The zero-order valence-corrected chi connectivity index (χ0v) is 18.7. The van der Waals surface area contributed by atoms with Crippen molar-refractivity contribution in [2.24, 2.45) is 0 Å². The molecule has 32 heavy (non-hydrogen) atoms. The first kappa shape index (κ1) is 21.8. The van der Waals surface area contributed by atoms with E-state index in [-0.39, 0.29) is 11.5 Å². The number of allylic oxidation sites excluding steroid dienone is 1. The van der Waals surface area contributed by atoms with Gasteiger partial charge in [0.15, 0.2) is 5.78 Å². The average Bonchev–Trinajstić information content (AvgIpc) is 3.16. The van der Waals surface area contributed by atoms with Crippen molar-refractivity contribution in [3.63, 3.8) is 0 Å². The Hall–Kier alpha value is -3.40. The van der Waals surface area contributed by atoms with Gasteiger partial charge in [-0.2, -0.15) is 5.26 Å². The molecule has 0 bridgehead atoms. The summed E-state index contributed by atoms with van der Waals surface area (Å²) in [4.78, 5) is 27.1. The second-order valence-corrected chi connectivity index (χ2v) is 8.94. The molecular weight excluding hydrogens is 442 g/mol. The van der Waals surface area contributed by atoms with E-state index in [2.05, 4.69) is 16.7 Å². The number of nitrogens with zero attached hydrogens (tertiary/aromatic N) is 1. The lowest BCUT2D eigenvalue weighted by Gasteiger charge is -2.11. The number of ketones is 1. The lowest BCUT2D eigenvalue weighted by Crippen LogP contribution is -2.21. The van der Waals surface area contributed by atoms with Crippen LogP contribution in [0.5, 0.6) is 0 Å². The van der Waals surface area contributed by atoms with E-state index < -0.39 is 5.91 Å². The van der Waals surface area contributed by atoms with Gasteiger partial charge in [0.2, 0.25) is 0 Å². The van der Waals surface area contributed by atoms with Crippen LogP contribution in [0.1, 0.15) is 39.2 Å². The molecule has 0 radical (unpaired) electrons. The van der Waals surface area contributed by atoms with Crippen molar-refractivity contribution in [2.45, 2.75) is 25.7 Å². The van der Waals surface area contributed by atoms with Crippen molar-refractivity contribution in [3.05, 3.63) is 93.0 Å². The van der Waals surface area contributed by atoms with Crippen LogP contribution in [-0.2, 0) is 17.6 Å². The summed E-state index contributed by atoms with van der Waals surface area (Å²) >= 11 is 7.40. The summed E-state index contributed by atoms with van der Waals surface area (Å²) in [5.41, 5.74) is 2.70. The van der Waals surface area contributed by atoms with E-state index in [1.807, 2.05) is 18.2 Å². The van der Waals surface area contributed by atoms with Gasteiger partial charge in [0, 0.05) is 27.2 Å². The maximum atomic E-state index is 13.1. The van der Waals surface area contributed by atoms with E-state index in [9.17, 15) is 14.9 Å². The van der Waals surface area contributed by atoms with E-state index >= 15 is 0 Å². The highest BCUT2D eigenvalue weighted by molar-refractivity contribution is 7.16. The van der Waals surface area contributed by atoms with Gasteiger partial charge in [-0.25, -0.2) is 0 Å². The summed E-state index contributed by atoms with van der Waals surface area (Å²) in [5.74, 6) is -0.805. The van der Waals surface area contributed by atoms with Crippen LogP contribution in [0.4, 0.5) is 10.7 Å². The van der Waals surface area contributed by atoms with Crippen LogP contribution in [0.25, 0.3) is 0 Å². The number of carbonyl (C=O) groups excluding carboxylic acids is 2. The molecule has 7 heteroatoms. The molecule has 1 amide bonds. The molecule has 0 unspecified atom stereocenters. The van der Waals surface area contributed by atoms with E-state index in [0.29, 0.717) is 26.8 Å². The molecule has 0 aliphatic heterocycles. The van der Waals surface area contributed by atoms with E-state index in [0.717, 1.165) is 31.2 Å². The van der Waals surface area contributed by atoms with Crippen molar-refractivity contribution in [2.75, 3.05) is 10.6 Å². The molecule has 1 heterocycles. The number of fused-ring (bicyclic) bond motifs is 1. The number of halogens is 1. The Labute approximate surface area is 195 Å². The first-order valence-corrected chi connectivity index (χ1v) is 11.4. The smallest absolute Gasteiger partial charge is 0.272 e. The number of thiophene rings is 1. The summed E-state index contributed by atoms with van der Waals surface area (Å²) in [6.07, 6.45) is 5.18. The van der Waals surface area contributed by atoms with Gasteiger partial charge in [-0.3, -0.25) is 9.59 Å².